The standard InChI is InChI=1S/C8H6F5OS/c1-6(14)7-2-4-8(5-3-7)15(9,10,11,12)13/h2-5H,1H2. The minimum absolute atomic E-state index is 0.152. The maximum atomic E-state index is 12.2. The van der Waals surface area contributed by atoms with Crippen molar-refractivity contribution in [3.05, 3.63) is 36.8 Å². The zero-order valence-electron chi connectivity index (χ0n) is 7.22. The molecule has 0 fully saturated rings. The predicted octanol–water partition coefficient (Wildman–Crippen LogP) is 4.36. The van der Waals surface area contributed by atoms with Gasteiger partial charge >= 0.3 is 10.2 Å². The van der Waals surface area contributed by atoms with Crippen LogP contribution in [0.25, 0.3) is 0 Å². The van der Waals surface area contributed by atoms with Crippen LogP contribution in [0.15, 0.2) is 29.2 Å². The van der Waals surface area contributed by atoms with E-state index in [1.807, 2.05) is 0 Å². The van der Waals surface area contributed by atoms with Crippen molar-refractivity contribution in [3.63, 3.8) is 0 Å². The summed E-state index contributed by atoms with van der Waals surface area (Å²) in [5.41, 5.74) is -0.152. The normalized spacial score (nSPS) is 16.7. The number of carbonyl (C=O) groups excluding carboxylic acids is 1. The second kappa shape index (κ2) is 2.52. The lowest BCUT2D eigenvalue weighted by molar-refractivity contribution is 0.104. The van der Waals surface area contributed by atoms with Gasteiger partial charge in [-0.25, -0.2) is 0 Å². The number of benzene rings is 1. The van der Waals surface area contributed by atoms with E-state index in [4.69, 9.17) is 0 Å². The molecule has 1 nitrogen and oxygen atoms in total. The summed E-state index contributed by atoms with van der Waals surface area (Å²) in [5.74, 6) is -0.733. The van der Waals surface area contributed by atoms with Crippen LogP contribution in [-0.4, -0.2) is 5.78 Å². The smallest absolute Gasteiger partial charge is 0.294 e. The number of hydrogen-bond donors (Lipinski definition) is 0. The van der Waals surface area contributed by atoms with Crippen molar-refractivity contribution in [1.82, 2.24) is 0 Å². The van der Waals surface area contributed by atoms with Crippen LogP contribution in [0.2, 0.25) is 0 Å². The van der Waals surface area contributed by atoms with E-state index in [1.165, 1.54) is 0 Å². The molecule has 0 aliphatic rings. The van der Waals surface area contributed by atoms with Gasteiger partial charge in [0.15, 0.2) is 5.78 Å². The predicted molar refractivity (Wildman–Crippen MR) is 47.5 cm³/mol. The molecule has 1 rings (SSSR count). The van der Waals surface area contributed by atoms with Gasteiger partial charge in [-0.05, 0) is 24.3 Å². The highest BCUT2D eigenvalue weighted by atomic mass is 32.5. The Labute approximate surface area is 82.6 Å². The van der Waals surface area contributed by atoms with Crippen molar-refractivity contribution in [2.75, 3.05) is 0 Å². The molecule has 0 saturated carbocycles. The monoisotopic (exact) mass is 245 g/mol. The van der Waals surface area contributed by atoms with Crippen molar-refractivity contribution < 1.29 is 24.2 Å². The molecular weight excluding hydrogens is 239 g/mol. The van der Waals surface area contributed by atoms with E-state index in [2.05, 4.69) is 6.92 Å². The van der Waals surface area contributed by atoms with Gasteiger partial charge in [-0.3, -0.25) is 4.79 Å². The van der Waals surface area contributed by atoms with E-state index >= 15 is 0 Å². The summed E-state index contributed by atoms with van der Waals surface area (Å²) in [6.07, 6.45) is 0. The molecule has 15 heavy (non-hydrogen) atoms. The SMILES string of the molecule is [CH2]C(=O)c1ccc(S(F)(F)(F)(F)F)cc1. The third-order valence-corrected chi connectivity index (χ3v) is 2.78. The largest absolute Gasteiger partial charge is 0.310 e. The van der Waals surface area contributed by atoms with E-state index in [9.17, 15) is 24.2 Å². The molecule has 0 aliphatic carbocycles. The van der Waals surface area contributed by atoms with Crippen LogP contribution >= 0.6 is 10.2 Å². The Kier molecular flexibility index (Phi) is 2.01. The maximum Gasteiger partial charge on any atom is 0.310 e. The summed E-state index contributed by atoms with van der Waals surface area (Å²) in [7, 11) is -9.62. The lowest BCUT2D eigenvalue weighted by Crippen LogP contribution is -2.06. The number of hydrogen-bond acceptors (Lipinski definition) is 1. The van der Waals surface area contributed by atoms with Crippen molar-refractivity contribution >= 4 is 16.0 Å². The van der Waals surface area contributed by atoms with E-state index in [0.29, 0.717) is 12.1 Å². The van der Waals surface area contributed by atoms with Crippen molar-refractivity contribution in [3.8, 4) is 0 Å². The topological polar surface area (TPSA) is 17.1 Å². The lowest BCUT2D eigenvalue weighted by atomic mass is 10.2. The quantitative estimate of drug-likeness (QED) is 0.558. The average molecular weight is 245 g/mol. The fourth-order valence-corrected chi connectivity index (χ4v) is 1.55. The fraction of sp³-hybridized carbons (Fsp3) is 0. The molecule has 0 spiro atoms. The number of rotatable bonds is 2. The third-order valence-electron chi connectivity index (χ3n) is 1.62. The van der Waals surface area contributed by atoms with Crippen LogP contribution < -0.4 is 0 Å². The first kappa shape index (κ1) is 12.0. The lowest BCUT2D eigenvalue weighted by Gasteiger charge is -2.40. The molecule has 0 aliphatic heterocycles. The second-order valence-corrected chi connectivity index (χ2v) is 5.33. The highest BCUT2D eigenvalue weighted by Crippen LogP contribution is 3.02. The summed E-state index contributed by atoms with van der Waals surface area (Å²) >= 11 is 0. The Balaban J connectivity index is 3.29. The van der Waals surface area contributed by atoms with Crippen LogP contribution in [0.5, 0.6) is 0 Å². The van der Waals surface area contributed by atoms with Gasteiger partial charge in [-0.15, -0.1) is 0 Å². The molecule has 85 valence electrons. The Morgan fingerprint density at radius 1 is 1.00 bits per heavy atom. The Morgan fingerprint density at radius 3 is 1.67 bits per heavy atom. The molecule has 0 atom stereocenters. The minimum atomic E-state index is -9.62. The highest BCUT2D eigenvalue weighted by Gasteiger charge is 2.65. The molecule has 1 radical (unpaired) electrons. The average Bonchev–Trinajstić information content (AvgIpc) is 2.00. The number of carbonyl (C=O) groups is 1. The first-order valence-corrected chi connectivity index (χ1v) is 5.56. The van der Waals surface area contributed by atoms with Gasteiger partial charge < -0.3 is 0 Å². The summed E-state index contributed by atoms with van der Waals surface area (Å²) in [5, 5.41) is 0. The van der Waals surface area contributed by atoms with Gasteiger partial charge in [0.25, 0.3) is 0 Å². The highest BCUT2D eigenvalue weighted by molar-refractivity contribution is 8.45. The number of Topliss-reactive ketones (excluding diaryl/α,β-unsaturated/α-hetero) is 1. The molecule has 0 amide bonds. The van der Waals surface area contributed by atoms with Crippen LogP contribution in [0.4, 0.5) is 19.4 Å². The second-order valence-electron chi connectivity index (χ2n) is 2.92. The third kappa shape index (κ3) is 2.92. The van der Waals surface area contributed by atoms with Gasteiger partial charge in [-0.2, -0.15) is 0 Å². The van der Waals surface area contributed by atoms with E-state index in [1.54, 1.807) is 0 Å². The van der Waals surface area contributed by atoms with Gasteiger partial charge in [-0.1, -0.05) is 19.4 Å². The molecule has 0 unspecified atom stereocenters. The fourth-order valence-electron chi connectivity index (χ4n) is 0.898. The Bertz CT molecular complexity index is 404. The molecule has 1 aromatic carbocycles. The summed E-state index contributed by atoms with van der Waals surface area (Å²) in [4.78, 5) is 8.58. The Morgan fingerprint density at radius 2 is 1.40 bits per heavy atom. The molecule has 0 bridgehead atoms. The van der Waals surface area contributed by atoms with Gasteiger partial charge in [0.1, 0.15) is 4.90 Å². The molecular formula is C8H6F5OS. The number of ketones is 1. The Hall–Kier alpha value is -1.11. The van der Waals surface area contributed by atoms with Crippen molar-refractivity contribution in [1.29, 1.82) is 0 Å². The van der Waals surface area contributed by atoms with Crippen molar-refractivity contribution in [2.45, 2.75) is 4.90 Å². The summed E-state index contributed by atoms with van der Waals surface area (Å²) in [6.45, 7) is 2.94. The first-order chi connectivity index (χ1) is 6.40. The van der Waals surface area contributed by atoms with Gasteiger partial charge in [0.05, 0.1) is 0 Å². The molecule has 0 heterocycles. The molecule has 0 aromatic heterocycles. The first-order valence-electron chi connectivity index (χ1n) is 3.60. The van der Waals surface area contributed by atoms with E-state index < -0.39 is 20.9 Å². The zero-order chi connectivity index (χ0) is 12.0. The summed E-state index contributed by atoms with van der Waals surface area (Å²) in [6, 6.07) is 1.70. The van der Waals surface area contributed by atoms with E-state index in [0.717, 1.165) is 0 Å². The van der Waals surface area contributed by atoms with Crippen LogP contribution in [0.1, 0.15) is 10.4 Å². The molecule has 0 saturated heterocycles. The molecule has 7 heteroatoms. The van der Waals surface area contributed by atoms with Gasteiger partial charge in [0.2, 0.25) is 0 Å². The van der Waals surface area contributed by atoms with Crippen LogP contribution in [0.3, 0.4) is 0 Å². The number of halogens is 5. The molecule has 0 N–H and O–H groups in total. The zero-order valence-corrected chi connectivity index (χ0v) is 8.04. The molecule has 1 aromatic rings. The maximum absolute atomic E-state index is 12.2. The van der Waals surface area contributed by atoms with Crippen molar-refractivity contribution in [2.24, 2.45) is 0 Å². The minimum Gasteiger partial charge on any atom is -0.294 e. The van der Waals surface area contributed by atoms with Crippen LogP contribution in [-0.2, 0) is 0 Å². The van der Waals surface area contributed by atoms with Crippen LogP contribution in [0, 0.1) is 6.92 Å². The summed E-state index contributed by atoms with van der Waals surface area (Å²) < 4.78 is 60.9. The van der Waals surface area contributed by atoms with Gasteiger partial charge in [0, 0.05) is 12.5 Å². The van der Waals surface area contributed by atoms with E-state index in [-0.39, 0.29) is 17.7 Å².